The number of amides is 2. The molecule has 0 unspecified atom stereocenters. The maximum absolute atomic E-state index is 13.0. The van der Waals surface area contributed by atoms with Crippen LogP contribution in [-0.4, -0.2) is 27.9 Å². The highest BCUT2D eigenvalue weighted by atomic mass is 32.1. The molecule has 0 atom stereocenters. The van der Waals surface area contributed by atoms with E-state index >= 15 is 0 Å². The summed E-state index contributed by atoms with van der Waals surface area (Å²) in [6, 6.07) is 9.73. The molecule has 0 spiro atoms. The lowest BCUT2D eigenvalue weighted by Crippen LogP contribution is -2.46. The molecule has 3 N–H and O–H groups in total. The van der Waals surface area contributed by atoms with E-state index in [1.54, 1.807) is 0 Å². The third-order valence-corrected chi connectivity index (χ3v) is 6.61. The second-order valence-electron chi connectivity index (χ2n) is 7.25. The zero-order chi connectivity index (χ0) is 22.7. The molecule has 0 saturated carbocycles. The molecule has 4 rings (SSSR count). The van der Waals surface area contributed by atoms with Crippen LogP contribution in [0.5, 0.6) is 0 Å². The van der Waals surface area contributed by atoms with Gasteiger partial charge in [0.15, 0.2) is 0 Å². The van der Waals surface area contributed by atoms with Crippen molar-refractivity contribution in [3.63, 3.8) is 0 Å². The van der Waals surface area contributed by atoms with Gasteiger partial charge < -0.3 is 5.32 Å². The highest BCUT2D eigenvalue weighted by Crippen LogP contribution is 2.33. The maximum Gasteiger partial charge on any atom is 0.263 e. The minimum absolute atomic E-state index is 0.00325. The first kappa shape index (κ1) is 21.7. The van der Waals surface area contributed by atoms with E-state index in [-0.39, 0.29) is 18.6 Å². The lowest BCUT2D eigenvalue weighted by atomic mass is 10.1. The first-order valence-corrected chi connectivity index (χ1v) is 11.6. The van der Waals surface area contributed by atoms with Crippen LogP contribution in [0.1, 0.15) is 11.1 Å². The van der Waals surface area contributed by atoms with Gasteiger partial charge >= 0.3 is 0 Å². The highest BCUT2D eigenvalue weighted by molar-refractivity contribution is 7.18. The van der Waals surface area contributed by atoms with Crippen LogP contribution in [0.4, 0.5) is 5.69 Å². The van der Waals surface area contributed by atoms with Crippen molar-refractivity contribution in [3.05, 3.63) is 68.9 Å². The van der Waals surface area contributed by atoms with Gasteiger partial charge in [-0.05, 0) is 36.9 Å². The predicted molar refractivity (Wildman–Crippen MR) is 128 cm³/mol. The van der Waals surface area contributed by atoms with Gasteiger partial charge in [0.1, 0.15) is 11.4 Å². The normalized spacial score (nSPS) is 10.8. The van der Waals surface area contributed by atoms with Gasteiger partial charge in [-0.3, -0.25) is 29.8 Å². The number of nitrogens with one attached hydrogen (secondary N) is 3. The number of nitrogens with zero attached hydrogens (tertiary/aromatic N) is 2. The Hall–Kier alpha value is -3.50. The van der Waals surface area contributed by atoms with Crippen LogP contribution in [-0.2, 0) is 16.1 Å². The fraction of sp³-hybridized carbons (Fsp3) is 0.182. The molecule has 0 aliphatic heterocycles. The molecule has 4 aromatic rings. The number of thiophene rings is 2. The minimum atomic E-state index is -0.527. The van der Waals surface area contributed by atoms with E-state index < -0.39 is 11.8 Å². The molecule has 32 heavy (non-hydrogen) atoms. The predicted octanol–water partition coefficient (Wildman–Crippen LogP) is 3.06. The Morgan fingerprint density at radius 2 is 1.91 bits per heavy atom. The van der Waals surface area contributed by atoms with Gasteiger partial charge in [0.25, 0.3) is 17.4 Å². The van der Waals surface area contributed by atoms with Crippen LogP contribution in [0.25, 0.3) is 20.7 Å². The summed E-state index contributed by atoms with van der Waals surface area (Å²) in [4.78, 5) is 43.2. The number of anilines is 1. The Kier molecular flexibility index (Phi) is 6.33. The van der Waals surface area contributed by atoms with E-state index in [0.717, 1.165) is 27.3 Å². The number of hydrogen-bond donors (Lipinski definition) is 3. The molecule has 0 bridgehead atoms. The van der Waals surface area contributed by atoms with Crippen LogP contribution in [0.15, 0.2) is 52.2 Å². The molecule has 0 aliphatic carbocycles. The maximum atomic E-state index is 13.0. The molecule has 0 fully saturated rings. The lowest BCUT2D eigenvalue weighted by Gasteiger charge is -2.12. The molecular formula is C22H21N5O3S2. The molecule has 1 aromatic carbocycles. The monoisotopic (exact) mass is 467 g/mol. The zero-order valence-electron chi connectivity index (χ0n) is 17.5. The molecule has 0 aliphatic rings. The highest BCUT2D eigenvalue weighted by Gasteiger charge is 2.15. The van der Waals surface area contributed by atoms with Gasteiger partial charge in [0.05, 0.1) is 18.3 Å². The standard InChI is InChI=1S/C22H21N5O3S2/c1-13-5-6-16(14(2)8-13)23-9-18(28)25-26-19(29)10-27-12-24-21-20(22(27)30)15(11-32-21)17-4-3-7-31-17/h3-8,11-12,23H,9-10H2,1-2H3,(H,25,28)(H,26,29). The van der Waals surface area contributed by atoms with Crippen molar-refractivity contribution in [1.82, 2.24) is 20.4 Å². The summed E-state index contributed by atoms with van der Waals surface area (Å²) in [7, 11) is 0. The van der Waals surface area contributed by atoms with Crippen LogP contribution in [0.2, 0.25) is 0 Å². The number of hydrogen-bond acceptors (Lipinski definition) is 7. The smallest absolute Gasteiger partial charge is 0.263 e. The van der Waals surface area contributed by atoms with Crippen molar-refractivity contribution in [2.24, 2.45) is 0 Å². The third kappa shape index (κ3) is 4.71. The van der Waals surface area contributed by atoms with E-state index in [4.69, 9.17) is 0 Å². The van der Waals surface area contributed by atoms with Crippen LogP contribution < -0.4 is 21.7 Å². The largest absolute Gasteiger partial charge is 0.376 e. The van der Waals surface area contributed by atoms with Crippen molar-refractivity contribution in [3.8, 4) is 10.4 Å². The average molecular weight is 468 g/mol. The minimum Gasteiger partial charge on any atom is -0.376 e. The first-order valence-electron chi connectivity index (χ1n) is 9.81. The quantitative estimate of drug-likeness (QED) is 0.378. The fourth-order valence-corrected chi connectivity index (χ4v) is 4.98. The van der Waals surface area contributed by atoms with Gasteiger partial charge in [-0.2, -0.15) is 0 Å². The average Bonchev–Trinajstić information content (AvgIpc) is 3.43. The molecular weight excluding hydrogens is 446 g/mol. The molecule has 10 heteroatoms. The Labute approximate surface area is 191 Å². The van der Waals surface area contributed by atoms with Crippen molar-refractivity contribution in [2.75, 3.05) is 11.9 Å². The fourth-order valence-electron chi connectivity index (χ4n) is 3.26. The molecule has 3 heterocycles. The summed E-state index contributed by atoms with van der Waals surface area (Å²) < 4.78 is 1.24. The topological polar surface area (TPSA) is 105 Å². The summed E-state index contributed by atoms with van der Waals surface area (Å²) in [6.07, 6.45) is 1.35. The van der Waals surface area contributed by atoms with Gasteiger partial charge in [0.2, 0.25) is 0 Å². The summed E-state index contributed by atoms with van der Waals surface area (Å²) >= 11 is 2.93. The van der Waals surface area contributed by atoms with Crippen LogP contribution in [0, 0.1) is 13.8 Å². The van der Waals surface area contributed by atoms with E-state index in [1.165, 1.54) is 33.6 Å². The first-order chi connectivity index (χ1) is 15.4. The van der Waals surface area contributed by atoms with E-state index in [1.807, 2.05) is 54.9 Å². The molecule has 2 amide bonds. The zero-order valence-corrected chi connectivity index (χ0v) is 19.1. The Morgan fingerprint density at radius 3 is 2.66 bits per heavy atom. The van der Waals surface area contributed by atoms with Crippen molar-refractivity contribution in [1.29, 1.82) is 0 Å². The molecule has 0 radical (unpaired) electrons. The van der Waals surface area contributed by atoms with Gasteiger partial charge in [-0.25, -0.2) is 4.98 Å². The van der Waals surface area contributed by atoms with Gasteiger partial charge in [0, 0.05) is 21.5 Å². The van der Waals surface area contributed by atoms with Crippen LogP contribution in [0.3, 0.4) is 0 Å². The second kappa shape index (κ2) is 9.33. The van der Waals surface area contributed by atoms with Gasteiger partial charge in [-0.15, -0.1) is 22.7 Å². The van der Waals surface area contributed by atoms with Gasteiger partial charge in [-0.1, -0.05) is 23.8 Å². The lowest BCUT2D eigenvalue weighted by molar-refractivity contribution is -0.128. The number of hydrazine groups is 1. The summed E-state index contributed by atoms with van der Waals surface area (Å²) in [5.41, 5.74) is 8.23. The van der Waals surface area contributed by atoms with Crippen molar-refractivity contribution >= 4 is 50.4 Å². The number of fused-ring (bicyclic) bond motifs is 1. The van der Waals surface area contributed by atoms with Crippen molar-refractivity contribution in [2.45, 2.75) is 20.4 Å². The summed E-state index contributed by atoms with van der Waals surface area (Å²) in [6.45, 7) is 3.69. The number of aryl methyl sites for hydroxylation is 2. The van der Waals surface area contributed by atoms with Crippen LogP contribution >= 0.6 is 22.7 Å². The van der Waals surface area contributed by atoms with E-state index in [2.05, 4.69) is 21.2 Å². The molecule has 0 saturated heterocycles. The number of rotatable bonds is 6. The second-order valence-corrected chi connectivity index (χ2v) is 9.06. The molecule has 3 aromatic heterocycles. The van der Waals surface area contributed by atoms with E-state index in [9.17, 15) is 14.4 Å². The third-order valence-electron chi connectivity index (χ3n) is 4.82. The number of aromatic nitrogens is 2. The molecule has 164 valence electrons. The SMILES string of the molecule is Cc1ccc(NCC(=O)NNC(=O)Cn2cnc3scc(-c4cccs4)c3c2=O)c(C)c1. The molecule has 8 nitrogen and oxygen atoms in total. The number of carbonyl (C=O) groups excluding carboxylic acids is 2. The Morgan fingerprint density at radius 1 is 1.09 bits per heavy atom. The van der Waals surface area contributed by atoms with Crippen molar-refractivity contribution < 1.29 is 9.59 Å². The Bertz CT molecular complexity index is 1340. The number of benzene rings is 1. The van der Waals surface area contributed by atoms with E-state index in [0.29, 0.717) is 10.2 Å². The number of carbonyl (C=O) groups is 2. The summed E-state index contributed by atoms with van der Waals surface area (Å²) in [5.74, 6) is -0.932. The Balaban J connectivity index is 1.37. The summed E-state index contributed by atoms with van der Waals surface area (Å²) in [5, 5.41) is 7.37.